The number of aromatic nitrogens is 2. The van der Waals surface area contributed by atoms with Crippen LogP contribution in [-0.4, -0.2) is 46.4 Å². The van der Waals surface area contributed by atoms with Gasteiger partial charge in [-0.15, -0.1) is 0 Å². The summed E-state index contributed by atoms with van der Waals surface area (Å²) >= 11 is 0. The molecular formula is C24H25F11N2O. The van der Waals surface area contributed by atoms with E-state index in [2.05, 4.69) is 21.6 Å². The van der Waals surface area contributed by atoms with E-state index in [4.69, 9.17) is 0 Å². The molecule has 0 spiro atoms. The topological polar surface area (TPSA) is 35.0 Å². The predicted molar refractivity (Wildman–Crippen MR) is 116 cm³/mol. The molecule has 0 N–H and O–H groups in total. The first-order chi connectivity index (χ1) is 17.5. The first kappa shape index (κ1) is 31.5. The van der Waals surface area contributed by atoms with Crippen LogP contribution < -0.4 is 4.74 Å². The van der Waals surface area contributed by atoms with E-state index in [1.54, 1.807) is 12.4 Å². The van der Waals surface area contributed by atoms with Crippen molar-refractivity contribution in [2.75, 3.05) is 6.61 Å². The van der Waals surface area contributed by atoms with Crippen LogP contribution in [0.4, 0.5) is 48.3 Å². The van der Waals surface area contributed by atoms with Crippen molar-refractivity contribution in [1.82, 2.24) is 9.97 Å². The molecule has 0 saturated carbocycles. The van der Waals surface area contributed by atoms with Gasteiger partial charge in [0.05, 0.1) is 0 Å². The second-order valence-corrected chi connectivity index (χ2v) is 8.67. The van der Waals surface area contributed by atoms with Crippen LogP contribution in [0, 0.1) is 0 Å². The van der Waals surface area contributed by atoms with Crippen LogP contribution in [0.1, 0.15) is 51.0 Å². The minimum atomic E-state index is -7.46. The number of ether oxygens (including phenoxy) is 1. The summed E-state index contributed by atoms with van der Waals surface area (Å²) in [4.78, 5) is 8.35. The summed E-state index contributed by atoms with van der Waals surface area (Å²) in [6.45, 7) is -0.479. The molecule has 0 atom stereocenters. The number of aryl methyl sites for hydroxylation is 1. The summed E-state index contributed by atoms with van der Waals surface area (Å²) in [5.74, 6) is -28.5. The number of nitrogens with zero attached hydrogens (tertiary/aromatic N) is 2. The maximum absolute atomic E-state index is 13.8. The predicted octanol–water partition coefficient (Wildman–Crippen LogP) is 8.53. The fraction of sp³-hybridized carbons (Fsp3) is 0.583. The van der Waals surface area contributed by atoms with Crippen molar-refractivity contribution in [1.29, 1.82) is 0 Å². The van der Waals surface area contributed by atoms with Gasteiger partial charge in [-0.1, -0.05) is 39.0 Å². The van der Waals surface area contributed by atoms with Crippen molar-refractivity contribution in [2.24, 2.45) is 0 Å². The molecule has 0 aliphatic carbocycles. The van der Waals surface area contributed by atoms with Gasteiger partial charge in [-0.25, -0.2) is 9.97 Å². The van der Waals surface area contributed by atoms with E-state index < -0.39 is 42.2 Å². The van der Waals surface area contributed by atoms with E-state index in [1.807, 2.05) is 0 Å². The van der Waals surface area contributed by atoms with Crippen molar-refractivity contribution in [2.45, 2.75) is 81.7 Å². The molecule has 1 aromatic heterocycles. The Kier molecular flexibility index (Phi) is 9.98. The summed E-state index contributed by atoms with van der Waals surface area (Å²) in [6, 6.07) is 4.36. The second kappa shape index (κ2) is 12.0. The molecular weight excluding hydrogens is 541 g/mol. The molecule has 38 heavy (non-hydrogen) atoms. The van der Waals surface area contributed by atoms with E-state index in [1.165, 1.54) is 25.0 Å². The van der Waals surface area contributed by atoms with Crippen LogP contribution >= 0.6 is 0 Å². The van der Waals surface area contributed by atoms with Crippen molar-refractivity contribution in [3.63, 3.8) is 0 Å². The molecule has 3 nitrogen and oxygen atoms in total. The number of benzene rings is 1. The fourth-order valence-corrected chi connectivity index (χ4v) is 3.31. The van der Waals surface area contributed by atoms with Crippen LogP contribution in [0.15, 0.2) is 36.7 Å². The fourth-order valence-electron chi connectivity index (χ4n) is 3.31. The van der Waals surface area contributed by atoms with E-state index in [9.17, 15) is 48.3 Å². The average molecular weight is 566 g/mol. The lowest BCUT2D eigenvalue weighted by Gasteiger charge is -2.37. The van der Waals surface area contributed by atoms with E-state index in [0.717, 1.165) is 49.8 Å². The van der Waals surface area contributed by atoms with Crippen LogP contribution in [0.2, 0.25) is 0 Å². The van der Waals surface area contributed by atoms with Gasteiger partial charge in [0.1, 0.15) is 5.75 Å². The summed E-state index contributed by atoms with van der Waals surface area (Å²) in [5, 5.41) is 0. The van der Waals surface area contributed by atoms with Gasteiger partial charge in [0.25, 0.3) is 0 Å². The van der Waals surface area contributed by atoms with Crippen LogP contribution in [0.3, 0.4) is 0 Å². The smallest absolute Gasteiger partial charge is 0.460 e. The minimum absolute atomic E-state index is 0.217. The van der Waals surface area contributed by atoms with Gasteiger partial charge in [-0.3, -0.25) is 0 Å². The highest BCUT2D eigenvalue weighted by Crippen LogP contribution is 2.57. The zero-order chi connectivity index (χ0) is 28.8. The third-order valence-electron chi connectivity index (χ3n) is 5.66. The van der Waals surface area contributed by atoms with E-state index in [-0.39, 0.29) is 5.82 Å². The van der Waals surface area contributed by atoms with Gasteiger partial charge >= 0.3 is 29.9 Å². The van der Waals surface area contributed by atoms with E-state index in [0.29, 0.717) is 5.56 Å². The molecule has 0 aliphatic heterocycles. The monoisotopic (exact) mass is 566 g/mol. The lowest BCUT2D eigenvalue weighted by Crippen LogP contribution is -2.67. The molecule has 1 aromatic carbocycles. The first-order valence-corrected chi connectivity index (χ1v) is 11.6. The zero-order valence-corrected chi connectivity index (χ0v) is 20.1. The van der Waals surface area contributed by atoms with Gasteiger partial charge in [-0.05, 0) is 42.7 Å². The van der Waals surface area contributed by atoms with Gasteiger partial charge < -0.3 is 4.74 Å². The Bertz CT molecular complexity index is 1010. The molecule has 0 bridgehead atoms. The molecule has 14 heteroatoms. The third-order valence-corrected chi connectivity index (χ3v) is 5.66. The molecule has 1 heterocycles. The van der Waals surface area contributed by atoms with Crippen molar-refractivity contribution >= 4 is 0 Å². The summed E-state index contributed by atoms with van der Waals surface area (Å²) in [7, 11) is 0. The summed E-state index contributed by atoms with van der Waals surface area (Å²) < 4.78 is 148. The SMILES string of the molecule is CCCCCCCCc1cnc(-c2ccc(OCC(F)(F)C(F)(F)C(F)(F)C(F)(F)C(F)(F)F)cc2)nc1. The summed E-state index contributed by atoms with van der Waals surface area (Å²) in [6.07, 6.45) is 3.42. The molecule has 0 aliphatic rings. The number of rotatable bonds is 14. The normalized spacial score (nSPS) is 13.6. The minimum Gasteiger partial charge on any atom is -0.487 e. The molecule has 2 aromatic rings. The van der Waals surface area contributed by atoms with Gasteiger partial charge in [0.2, 0.25) is 0 Å². The molecule has 0 radical (unpaired) electrons. The van der Waals surface area contributed by atoms with E-state index >= 15 is 0 Å². The average Bonchev–Trinajstić information content (AvgIpc) is 2.84. The maximum Gasteiger partial charge on any atom is 0.460 e. The zero-order valence-electron chi connectivity index (χ0n) is 20.1. The second-order valence-electron chi connectivity index (χ2n) is 8.67. The van der Waals surface area contributed by atoms with Crippen LogP contribution in [0.25, 0.3) is 11.4 Å². The van der Waals surface area contributed by atoms with Gasteiger partial charge in [-0.2, -0.15) is 48.3 Å². The molecule has 0 amide bonds. The lowest BCUT2D eigenvalue weighted by molar-refractivity contribution is -0.423. The Morgan fingerprint density at radius 3 is 1.71 bits per heavy atom. The Balaban J connectivity index is 2.01. The quantitative estimate of drug-likeness (QED) is 0.170. The Morgan fingerprint density at radius 2 is 1.18 bits per heavy atom. The van der Waals surface area contributed by atoms with Gasteiger partial charge in [0.15, 0.2) is 12.4 Å². The van der Waals surface area contributed by atoms with Crippen LogP contribution in [-0.2, 0) is 6.42 Å². The van der Waals surface area contributed by atoms with Crippen LogP contribution in [0.5, 0.6) is 5.75 Å². The molecule has 0 unspecified atom stereocenters. The van der Waals surface area contributed by atoms with Gasteiger partial charge in [0, 0.05) is 18.0 Å². The largest absolute Gasteiger partial charge is 0.487 e. The number of hydrogen-bond acceptors (Lipinski definition) is 3. The molecule has 0 fully saturated rings. The Morgan fingerprint density at radius 1 is 0.658 bits per heavy atom. The number of halogens is 11. The highest BCUT2D eigenvalue weighted by molar-refractivity contribution is 5.55. The number of alkyl halides is 11. The highest BCUT2D eigenvalue weighted by Gasteiger charge is 2.87. The van der Waals surface area contributed by atoms with Crippen molar-refractivity contribution in [3.05, 3.63) is 42.2 Å². The first-order valence-electron chi connectivity index (χ1n) is 11.6. The van der Waals surface area contributed by atoms with Crippen molar-refractivity contribution in [3.8, 4) is 17.1 Å². The Labute approximate surface area is 211 Å². The summed E-state index contributed by atoms with van der Waals surface area (Å²) in [5.41, 5.74) is 1.23. The molecule has 214 valence electrons. The Hall–Kier alpha value is -2.67. The lowest BCUT2D eigenvalue weighted by atomic mass is 9.98. The number of hydrogen-bond donors (Lipinski definition) is 0. The third kappa shape index (κ3) is 6.85. The standard InChI is InChI=1S/C24H25F11N2O/c1-2-3-4-5-6-7-8-16-13-36-19(37-14-16)17-9-11-18(12-10-17)38-15-20(25,26)21(27,28)22(29,30)23(31,32)24(33,34)35/h9-14H,2-8,15H2,1H3. The molecule has 0 saturated heterocycles. The molecule has 2 rings (SSSR count). The number of unbranched alkanes of at least 4 members (excludes halogenated alkanes) is 5. The highest BCUT2D eigenvalue weighted by atomic mass is 19.4. The van der Waals surface area contributed by atoms with Crippen molar-refractivity contribution < 1.29 is 53.0 Å². The maximum atomic E-state index is 13.8.